The second-order valence-corrected chi connectivity index (χ2v) is 4.76. The van der Waals surface area contributed by atoms with E-state index in [0.717, 1.165) is 13.0 Å². The molecule has 98 valence electrons. The maximum absolute atomic E-state index is 3.52. The van der Waals surface area contributed by atoms with E-state index in [1.165, 1.54) is 37.8 Å². The first-order chi connectivity index (χ1) is 8.31. The van der Waals surface area contributed by atoms with Crippen LogP contribution in [0.2, 0.25) is 0 Å². The summed E-state index contributed by atoms with van der Waals surface area (Å²) in [6, 6.07) is 2.79. The predicted molar refractivity (Wildman–Crippen MR) is 75.3 cm³/mol. The van der Waals surface area contributed by atoms with Crippen molar-refractivity contribution in [2.75, 3.05) is 6.54 Å². The molecule has 0 saturated carbocycles. The van der Waals surface area contributed by atoms with E-state index in [9.17, 15) is 0 Å². The Kier molecular flexibility index (Phi) is 7.02. The summed E-state index contributed by atoms with van der Waals surface area (Å²) in [5.41, 5.74) is 1.44. The fourth-order valence-electron chi connectivity index (χ4n) is 2.27. The van der Waals surface area contributed by atoms with Gasteiger partial charge in [0.2, 0.25) is 0 Å². The fourth-order valence-corrected chi connectivity index (χ4v) is 2.27. The molecule has 17 heavy (non-hydrogen) atoms. The topological polar surface area (TPSA) is 17.0 Å². The lowest BCUT2D eigenvalue weighted by Crippen LogP contribution is -2.19. The van der Waals surface area contributed by atoms with Crippen LogP contribution in [0, 0.1) is 0 Å². The molecule has 2 heteroatoms. The zero-order valence-corrected chi connectivity index (χ0v) is 11.7. The molecule has 1 aromatic heterocycles. The van der Waals surface area contributed by atoms with Crippen molar-refractivity contribution in [2.45, 2.75) is 65.5 Å². The third kappa shape index (κ3) is 4.95. The first kappa shape index (κ1) is 14.3. The number of aryl methyl sites for hydroxylation is 1. The van der Waals surface area contributed by atoms with Crippen molar-refractivity contribution in [3.05, 3.63) is 24.0 Å². The molecule has 0 fully saturated rings. The van der Waals surface area contributed by atoms with Gasteiger partial charge in [0.15, 0.2) is 0 Å². The van der Waals surface area contributed by atoms with Gasteiger partial charge in [0.25, 0.3) is 0 Å². The molecule has 0 saturated heterocycles. The number of hydrogen-bond donors (Lipinski definition) is 1. The van der Waals surface area contributed by atoms with E-state index < -0.39 is 0 Å². The first-order valence-electron chi connectivity index (χ1n) is 7.20. The average Bonchev–Trinajstić information content (AvgIpc) is 2.80. The van der Waals surface area contributed by atoms with E-state index >= 15 is 0 Å². The molecule has 1 aromatic rings. The van der Waals surface area contributed by atoms with Crippen molar-refractivity contribution in [3.63, 3.8) is 0 Å². The minimum atomic E-state index is 0.525. The fraction of sp³-hybridized carbons (Fsp3) is 0.733. The zero-order chi connectivity index (χ0) is 12.5. The molecule has 1 N–H and O–H groups in total. The number of nitrogens with one attached hydrogen (secondary N) is 1. The Bertz CT molecular complexity index is 291. The molecule has 0 aliphatic rings. The van der Waals surface area contributed by atoms with Crippen molar-refractivity contribution < 1.29 is 0 Å². The van der Waals surface area contributed by atoms with Crippen molar-refractivity contribution in [1.29, 1.82) is 0 Å². The number of hydrogen-bond acceptors (Lipinski definition) is 1. The van der Waals surface area contributed by atoms with Crippen LogP contribution in [0.25, 0.3) is 0 Å². The lowest BCUT2D eigenvalue weighted by atomic mass is 10.1. The molecule has 0 amide bonds. The van der Waals surface area contributed by atoms with Crippen LogP contribution in [0.5, 0.6) is 0 Å². The lowest BCUT2D eigenvalue weighted by Gasteiger charge is -2.13. The molecule has 0 spiro atoms. The van der Waals surface area contributed by atoms with Gasteiger partial charge in [-0.15, -0.1) is 0 Å². The quantitative estimate of drug-likeness (QED) is 0.638. The number of aromatic nitrogens is 1. The van der Waals surface area contributed by atoms with E-state index in [4.69, 9.17) is 0 Å². The van der Waals surface area contributed by atoms with Crippen LogP contribution in [0.1, 0.15) is 64.5 Å². The lowest BCUT2D eigenvalue weighted by molar-refractivity contribution is 0.533. The Morgan fingerprint density at radius 3 is 2.65 bits per heavy atom. The summed E-state index contributed by atoms with van der Waals surface area (Å²) in [6.07, 6.45) is 11.0. The van der Waals surface area contributed by atoms with Crippen molar-refractivity contribution >= 4 is 0 Å². The van der Waals surface area contributed by atoms with Gasteiger partial charge < -0.3 is 9.88 Å². The molecular weight excluding hydrogens is 208 g/mol. The van der Waals surface area contributed by atoms with Crippen LogP contribution < -0.4 is 5.32 Å². The Morgan fingerprint density at radius 1 is 1.18 bits per heavy atom. The third-order valence-electron chi connectivity index (χ3n) is 3.30. The molecule has 1 unspecified atom stereocenters. The summed E-state index contributed by atoms with van der Waals surface area (Å²) in [5.74, 6) is 0. The van der Waals surface area contributed by atoms with E-state index in [1.54, 1.807) is 0 Å². The highest BCUT2D eigenvalue weighted by molar-refractivity contribution is 5.15. The second-order valence-electron chi connectivity index (χ2n) is 4.76. The highest BCUT2D eigenvalue weighted by atomic mass is 15.0. The second kappa shape index (κ2) is 8.35. The SMILES string of the molecule is CCCCCCn1ccc(C(CC)NCC)c1. The summed E-state index contributed by atoms with van der Waals surface area (Å²) in [5, 5.41) is 3.52. The van der Waals surface area contributed by atoms with Crippen LogP contribution in [-0.2, 0) is 6.54 Å². The summed E-state index contributed by atoms with van der Waals surface area (Å²) in [4.78, 5) is 0. The molecule has 0 aliphatic carbocycles. The Labute approximate surface area is 106 Å². The maximum Gasteiger partial charge on any atom is 0.0332 e. The van der Waals surface area contributed by atoms with Gasteiger partial charge in [-0.05, 0) is 31.0 Å². The van der Waals surface area contributed by atoms with Gasteiger partial charge >= 0.3 is 0 Å². The Hall–Kier alpha value is -0.760. The summed E-state index contributed by atoms with van der Waals surface area (Å²) in [6.45, 7) is 8.88. The van der Waals surface area contributed by atoms with Gasteiger partial charge in [-0.1, -0.05) is 40.0 Å². The highest BCUT2D eigenvalue weighted by Gasteiger charge is 2.08. The van der Waals surface area contributed by atoms with Gasteiger partial charge in [0.1, 0.15) is 0 Å². The third-order valence-corrected chi connectivity index (χ3v) is 3.30. The minimum Gasteiger partial charge on any atom is -0.354 e. The molecule has 0 radical (unpaired) electrons. The standard InChI is InChI=1S/C15H28N2/c1-4-7-8-9-11-17-12-10-14(13-17)15(5-2)16-6-3/h10,12-13,15-16H,4-9,11H2,1-3H3. The van der Waals surface area contributed by atoms with Gasteiger partial charge in [-0.25, -0.2) is 0 Å². The summed E-state index contributed by atoms with van der Waals surface area (Å²) >= 11 is 0. The van der Waals surface area contributed by atoms with Gasteiger partial charge in [0, 0.05) is 25.0 Å². The van der Waals surface area contributed by atoms with Crippen molar-refractivity contribution in [2.24, 2.45) is 0 Å². The van der Waals surface area contributed by atoms with E-state index in [1.807, 2.05) is 0 Å². The van der Waals surface area contributed by atoms with Crippen molar-refractivity contribution in [1.82, 2.24) is 9.88 Å². The summed E-state index contributed by atoms with van der Waals surface area (Å²) < 4.78 is 2.34. The molecule has 0 aromatic carbocycles. The molecule has 0 aliphatic heterocycles. The molecular formula is C15H28N2. The highest BCUT2D eigenvalue weighted by Crippen LogP contribution is 2.17. The Morgan fingerprint density at radius 2 is 2.00 bits per heavy atom. The van der Waals surface area contributed by atoms with E-state index in [0.29, 0.717) is 6.04 Å². The van der Waals surface area contributed by atoms with Crippen molar-refractivity contribution in [3.8, 4) is 0 Å². The smallest absolute Gasteiger partial charge is 0.0332 e. The van der Waals surface area contributed by atoms with E-state index in [-0.39, 0.29) is 0 Å². The van der Waals surface area contributed by atoms with E-state index in [2.05, 4.69) is 49.1 Å². The monoisotopic (exact) mass is 236 g/mol. The van der Waals surface area contributed by atoms with Gasteiger partial charge in [0.05, 0.1) is 0 Å². The predicted octanol–water partition coefficient (Wildman–Crippen LogP) is 4.13. The number of nitrogens with zero attached hydrogens (tertiary/aromatic N) is 1. The van der Waals surface area contributed by atoms with Crippen LogP contribution in [0.3, 0.4) is 0 Å². The molecule has 1 atom stereocenters. The normalized spacial score (nSPS) is 12.9. The van der Waals surface area contributed by atoms with Crippen LogP contribution >= 0.6 is 0 Å². The molecule has 1 rings (SSSR count). The average molecular weight is 236 g/mol. The largest absolute Gasteiger partial charge is 0.354 e. The molecule has 1 heterocycles. The van der Waals surface area contributed by atoms with Crippen LogP contribution in [0.15, 0.2) is 18.5 Å². The summed E-state index contributed by atoms with van der Waals surface area (Å²) in [7, 11) is 0. The zero-order valence-electron chi connectivity index (χ0n) is 11.7. The van der Waals surface area contributed by atoms with Crippen LogP contribution in [0.4, 0.5) is 0 Å². The Balaban J connectivity index is 2.40. The first-order valence-corrected chi connectivity index (χ1v) is 7.20. The minimum absolute atomic E-state index is 0.525. The van der Waals surface area contributed by atoms with Gasteiger partial charge in [-0.3, -0.25) is 0 Å². The number of unbranched alkanes of at least 4 members (excludes halogenated alkanes) is 3. The number of rotatable bonds is 9. The van der Waals surface area contributed by atoms with Crippen LogP contribution in [-0.4, -0.2) is 11.1 Å². The molecule has 2 nitrogen and oxygen atoms in total. The molecule has 0 bridgehead atoms. The van der Waals surface area contributed by atoms with Gasteiger partial charge in [-0.2, -0.15) is 0 Å². The maximum atomic E-state index is 3.52.